The fourth-order valence-electron chi connectivity index (χ4n) is 4.73. The Balaban J connectivity index is 1.21. The number of nitrogens with one attached hydrogen (secondary N) is 2. The Morgan fingerprint density at radius 3 is 2.68 bits per heavy atom. The highest BCUT2D eigenvalue weighted by molar-refractivity contribution is 7.09. The molecule has 8 heteroatoms. The average Bonchev–Trinajstić information content (AvgIpc) is 3.46. The highest BCUT2D eigenvalue weighted by Crippen LogP contribution is 2.32. The maximum absolute atomic E-state index is 12.8. The van der Waals surface area contributed by atoms with E-state index in [1.165, 1.54) is 24.8 Å². The van der Waals surface area contributed by atoms with Gasteiger partial charge in [-0.3, -0.25) is 14.7 Å². The van der Waals surface area contributed by atoms with Gasteiger partial charge in [-0.25, -0.2) is 4.98 Å². The normalized spacial score (nSPS) is 18.3. The zero-order valence-corrected chi connectivity index (χ0v) is 19.2. The van der Waals surface area contributed by atoms with E-state index < -0.39 is 0 Å². The van der Waals surface area contributed by atoms with Crippen molar-refractivity contribution in [1.82, 2.24) is 25.4 Å². The fourth-order valence-corrected chi connectivity index (χ4v) is 5.70. The Morgan fingerprint density at radius 1 is 1.19 bits per heavy atom. The number of nitrogens with zero attached hydrogens (tertiary/aromatic N) is 3. The Morgan fingerprint density at radius 2 is 1.97 bits per heavy atom. The Kier molecular flexibility index (Phi) is 7.37. The maximum atomic E-state index is 12.8. The third-order valence-corrected chi connectivity index (χ3v) is 7.71. The summed E-state index contributed by atoms with van der Waals surface area (Å²) in [7, 11) is 0. The summed E-state index contributed by atoms with van der Waals surface area (Å²) in [5, 5.41) is 12.8. The van der Waals surface area contributed by atoms with E-state index in [2.05, 4.69) is 25.4 Å². The van der Waals surface area contributed by atoms with Gasteiger partial charge >= 0.3 is 0 Å². The number of carbonyl (C=O) groups is 2. The van der Waals surface area contributed by atoms with Gasteiger partial charge < -0.3 is 10.2 Å². The van der Waals surface area contributed by atoms with Gasteiger partial charge in [0, 0.05) is 42.5 Å². The van der Waals surface area contributed by atoms with Crippen LogP contribution in [0.1, 0.15) is 84.0 Å². The largest absolute Gasteiger partial charge is 0.351 e. The molecule has 0 atom stereocenters. The Hall–Kier alpha value is -2.22. The molecule has 2 N–H and O–H groups in total. The predicted octanol–water partition coefficient (Wildman–Crippen LogP) is 3.82. The summed E-state index contributed by atoms with van der Waals surface area (Å²) in [5.41, 5.74) is 2.79. The minimum atomic E-state index is -0.101. The van der Waals surface area contributed by atoms with E-state index in [-0.39, 0.29) is 11.8 Å². The molecule has 2 amide bonds. The number of aryl methyl sites for hydroxylation is 2. The first-order valence-electron chi connectivity index (χ1n) is 11.6. The molecule has 4 rings (SSSR count). The number of thiazole rings is 1. The van der Waals surface area contributed by atoms with E-state index in [0.29, 0.717) is 24.1 Å². The first kappa shape index (κ1) is 22.0. The van der Waals surface area contributed by atoms with Crippen LogP contribution >= 0.6 is 11.3 Å². The van der Waals surface area contributed by atoms with Crippen molar-refractivity contribution in [3.8, 4) is 0 Å². The molecule has 2 aliphatic rings. The van der Waals surface area contributed by atoms with Gasteiger partial charge in [-0.15, -0.1) is 11.3 Å². The minimum Gasteiger partial charge on any atom is -0.351 e. The lowest BCUT2D eigenvalue weighted by atomic mass is 9.87. The second kappa shape index (κ2) is 10.4. The summed E-state index contributed by atoms with van der Waals surface area (Å²) in [6.07, 6.45) is 11.3. The highest BCUT2D eigenvalue weighted by Gasteiger charge is 2.30. The highest BCUT2D eigenvalue weighted by atomic mass is 32.1. The number of likely N-dealkylation sites (tertiary alicyclic amines) is 1. The van der Waals surface area contributed by atoms with Crippen molar-refractivity contribution in [1.29, 1.82) is 0 Å². The van der Waals surface area contributed by atoms with Gasteiger partial charge in [0.1, 0.15) is 5.69 Å². The van der Waals surface area contributed by atoms with Crippen molar-refractivity contribution in [3.05, 3.63) is 33.5 Å². The smallest absolute Gasteiger partial charge is 0.270 e. The van der Waals surface area contributed by atoms with Crippen LogP contribution in [0, 0.1) is 12.8 Å². The van der Waals surface area contributed by atoms with Crippen LogP contribution in [0.4, 0.5) is 0 Å². The molecule has 0 aromatic carbocycles. The van der Waals surface area contributed by atoms with Crippen molar-refractivity contribution in [2.24, 2.45) is 5.92 Å². The van der Waals surface area contributed by atoms with E-state index in [4.69, 9.17) is 0 Å². The van der Waals surface area contributed by atoms with Crippen molar-refractivity contribution in [2.45, 2.75) is 70.6 Å². The second-order valence-electron chi connectivity index (χ2n) is 8.89. The molecule has 168 valence electrons. The van der Waals surface area contributed by atoms with Gasteiger partial charge in [-0.2, -0.15) is 5.10 Å². The van der Waals surface area contributed by atoms with E-state index in [9.17, 15) is 9.59 Å². The number of H-pyrrole nitrogens is 1. The first-order valence-corrected chi connectivity index (χ1v) is 12.5. The molecule has 0 spiro atoms. The lowest BCUT2D eigenvalue weighted by Crippen LogP contribution is -2.41. The SMILES string of the molecule is Cc1[nH]ncc1CCCNC(=O)c1csc(C2CCN(C(=O)C3CCCCC3)CC2)n1. The zero-order chi connectivity index (χ0) is 21.6. The zero-order valence-electron chi connectivity index (χ0n) is 18.4. The number of aromatic amines is 1. The molecule has 1 saturated heterocycles. The molecule has 0 bridgehead atoms. The van der Waals surface area contributed by atoms with Crippen molar-refractivity contribution < 1.29 is 9.59 Å². The molecular formula is C23H33N5O2S. The molecule has 2 aromatic heterocycles. The molecule has 0 radical (unpaired) electrons. The quantitative estimate of drug-likeness (QED) is 0.637. The average molecular weight is 444 g/mol. The topological polar surface area (TPSA) is 91.0 Å². The van der Waals surface area contributed by atoms with Gasteiger partial charge in [-0.05, 0) is 51.0 Å². The van der Waals surface area contributed by atoms with E-state index in [1.807, 2.05) is 18.5 Å². The second-order valence-corrected chi connectivity index (χ2v) is 9.77. The Bertz CT molecular complexity index is 878. The fraction of sp³-hybridized carbons (Fsp3) is 0.652. The van der Waals surface area contributed by atoms with Crippen molar-refractivity contribution in [2.75, 3.05) is 19.6 Å². The molecule has 1 aliphatic carbocycles. The molecule has 2 fully saturated rings. The number of hydrogen-bond acceptors (Lipinski definition) is 5. The molecule has 0 unspecified atom stereocenters. The van der Waals surface area contributed by atoms with Crippen LogP contribution < -0.4 is 5.32 Å². The number of aromatic nitrogens is 3. The first-order chi connectivity index (χ1) is 15.1. The number of hydrogen-bond donors (Lipinski definition) is 2. The summed E-state index contributed by atoms with van der Waals surface area (Å²) in [6.45, 7) is 4.26. The van der Waals surface area contributed by atoms with Gasteiger partial charge in [0.2, 0.25) is 5.91 Å². The van der Waals surface area contributed by atoms with Gasteiger partial charge in [0.15, 0.2) is 0 Å². The summed E-state index contributed by atoms with van der Waals surface area (Å²) >= 11 is 1.57. The number of amides is 2. The summed E-state index contributed by atoms with van der Waals surface area (Å²) in [5.74, 6) is 0.864. The van der Waals surface area contributed by atoms with Crippen LogP contribution in [0.25, 0.3) is 0 Å². The molecule has 1 aliphatic heterocycles. The van der Waals surface area contributed by atoms with Crippen molar-refractivity contribution in [3.63, 3.8) is 0 Å². The van der Waals surface area contributed by atoms with E-state index in [1.54, 1.807) is 11.3 Å². The maximum Gasteiger partial charge on any atom is 0.270 e. The number of piperidine rings is 1. The molecule has 1 saturated carbocycles. The monoisotopic (exact) mass is 443 g/mol. The standard InChI is InChI=1S/C23H33N5O2S/c1-16-19(14-25-27-16)8-5-11-24-21(29)20-15-31-22(26-20)17-9-12-28(13-10-17)23(30)18-6-3-2-4-7-18/h14-15,17-18H,2-13H2,1H3,(H,24,29)(H,25,27). The van der Waals surface area contributed by atoms with Crippen LogP contribution in [0.5, 0.6) is 0 Å². The number of rotatable bonds is 7. The lowest BCUT2D eigenvalue weighted by molar-refractivity contribution is -0.137. The lowest BCUT2D eigenvalue weighted by Gasteiger charge is -2.34. The van der Waals surface area contributed by atoms with Crippen LogP contribution in [0.15, 0.2) is 11.6 Å². The third kappa shape index (κ3) is 5.53. The van der Waals surface area contributed by atoms with Gasteiger partial charge in [-0.1, -0.05) is 19.3 Å². The third-order valence-electron chi connectivity index (χ3n) is 6.71. The summed E-state index contributed by atoms with van der Waals surface area (Å²) in [6, 6.07) is 0. The molecule has 2 aromatic rings. The van der Waals surface area contributed by atoms with Crippen LogP contribution in [-0.4, -0.2) is 51.5 Å². The molecule has 7 nitrogen and oxygen atoms in total. The van der Waals surface area contributed by atoms with Crippen LogP contribution in [0.3, 0.4) is 0 Å². The summed E-state index contributed by atoms with van der Waals surface area (Å²) in [4.78, 5) is 31.9. The van der Waals surface area contributed by atoms with Gasteiger partial charge in [0.25, 0.3) is 5.91 Å². The predicted molar refractivity (Wildman–Crippen MR) is 121 cm³/mol. The van der Waals surface area contributed by atoms with Gasteiger partial charge in [0.05, 0.1) is 11.2 Å². The number of carbonyl (C=O) groups excluding carboxylic acids is 2. The van der Waals surface area contributed by atoms with E-state index >= 15 is 0 Å². The molecular weight excluding hydrogens is 410 g/mol. The van der Waals surface area contributed by atoms with Crippen LogP contribution in [0.2, 0.25) is 0 Å². The molecule has 3 heterocycles. The Labute approximate surface area is 188 Å². The van der Waals surface area contributed by atoms with E-state index in [0.717, 1.165) is 62.3 Å². The summed E-state index contributed by atoms with van der Waals surface area (Å²) < 4.78 is 0. The molecule has 31 heavy (non-hydrogen) atoms. The van der Waals surface area contributed by atoms with Crippen molar-refractivity contribution >= 4 is 23.2 Å². The minimum absolute atomic E-state index is 0.101. The van der Waals surface area contributed by atoms with Crippen LogP contribution in [-0.2, 0) is 11.2 Å².